The first kappa shape index (κ1) is 34.6. The topological polar surface area (TPSA) is 156 Å². The first-order valence-corrected chi connectivity index (χ1v) is 14.9. The zero-order valence-electron chi connectivity index (χ0n) is 24.0. The van der Waals surface area contributed by atoms with Gasteiger partial charge in [0.05, 0.1) is 13.2 Å². The summed E-state index contributed by atoms with van der Waals surface area (Å²) in [7, 11) is 0. The molecule has 0 aliphatic heterocycles. The molecule has 1 atom stereocenters. The summed E-state index contributed by atoms with van der Waals surface area (Å²) in [5.41, 5.74) is 0. The summed E-state index contributed by atoms with van der Waals surface area (Å²) in [5.74, 6) is -0.401. The predicted molar refractivity (Wildman–Crippen MR) is 148 cm³/mol. The maximum atomic E-state index is 12.0. The molecule has 3 N–H and O–H groups in total. The first-order chi connectivity index (χ1) is 19.0. The third kappa shape index (κ3) is 21.1. The molecule has 1 aromatic heterocycles. The van der Waals surface area contributed by atoms with Gasteiger partial charge in [0.15, 0.2) is 5.82 Å². The van der Waals surface area contributed by atoms with Crippen molar-refractivity contribution < 1.29 is 29.0 Å². The number of Topliss-reactive ketones (excluding diaryl/α,β-unsaturated/α-hetero) is 1. The Balaban J connectivity index is 1.75. The third-order valence-electron chi connectivity index (χ3n) is 6.64. The van der Waals surface area contributed by atoms with Gasteiger partial charge in [0.1, 0.15) is 18.4 Å². The number of aryl methyl sites for hydroxylation is 1. The van der Waals surface area contributed by atoms with Crippen LogP contribution in [-0.2, 0) is 30.3 Å². The zero-order valence-corrected chi connectivity index (χ0v) is 24.0. The van der Waals surface area contributed by atoms with Crippen molar-refractivity contribution in [3.05, 3.63) is 5.82 Å². The summed E-state index contributed by atoms with van der Waals surface area (Å²) in [6.45, 7) is 2.56. The Hall–Kier alpha value is -2.40. The van der Waals surface area contributed by atoms with E-state index in [2.05, 4.69) is 25.9 Å². The maximum Gasteiger partial charge on any atom is 0.326 e. The number of H-pyrrole nitrogens is 1. The van der Waals surface area contributed by atoms with E-state index in [1.165, 1.54) is 64.2 Å². The number of hydrogen-bond donors (Lipinski definition) is 3. The molecule has 1 rings (SSSR count). The molecule has 0 aromatic carbocycles. The molecule has 0 aliphatic rings. The van der Waals surface area contributed by atoms with Gasteiger partial charge in [-0.05, 0) is 25.7 Å². The molecule has 0 saturated carbocycles. The fourth-order valence-electron chi connectivity index (χ4n) is 4.29. The van der Waals surface area contributed by atoms with Crippen molar-refractivity contribution in [2.75, 3.05) is 26.4 Å². The monoisotopic (exact) mass is 553 g/mol. The zero-order chi connectivity index (χ0) is 28.4. The number of aromatic amines is 1. The van der Waals surface area contributed by atoms with Crippen LogP contribution in [0.2, 0.25) is 0 Å². The Kier molecular flexibility index (Phi) is 21.9. The minimum atomic E-state index is -1.06. The highest BCUT2D eigenvalue weighted by atomic mass is 16.5. The normalized spacial score (nSPS) is 11.9. The van der Waals surface area contributed by atoms with Crippen molar-refractivity contribution in [2.45, 2.75) is 129 Å². The minimum Gasteiger partial charge on any atom is -0.480 e. The molecule has 11 heteroatoms. The van der Waals surface area contributed by atoms with Crippen molar-refractivity contribution in [3.63, 3.8) is 0 Å². The quantitative estimate of drug-likeness (QED) is 0.126. The Morgan fingerprint density at radius 2 is 1.36 bits per heavy atom. The molecule has 39 heavy (non-hydrogen) atoms. The standard InChI is InChI=1S/C28H51N5O6/c1-2-25(28(36)37)29-27(35)23-39-22-21-38-20-16-18-24(34)17-14-12-10-8-6-4-3-5-7-9-11-13-15-19-26-30-32-33-31-26/h25H,2-23H2,1H3,(H,29,35)(H,36,37)(H,30,31,32,33). The van der Waals surface area contributed by atoms with Crippen molar-refractivity contribution in [3.8, 4) is 0 Å². The molecule has 0 saturated heterocycles. The number of aromatic nitrogens is 4. The summed E-state index contributed by atoms with van der Waals surface area (Å²) in [6, 6.07) is -0.891. The van der Waals surface area contributed by atoms with Crippen molar-refractivity contribution >= 4 is 17.7 Å². The molecule has 0 spiro atoms. The van der Waals surface area contributed by atoms with Gasteiger partial charge in [0.25, 0.3) is 0 Å². The molecule has 0 radical (unpaired) electrons. The summed E-state index contributed by atoms with van der Waals surface area (Å²) in [6.07, 6.45) is 19.3. The van der Waals surface area contributed by atoms with Gasteiger partial charge >= 0.3 is 5.97 Å². The van der Waals surface area contributed by atoms with Crippen LogP contribution in [-0.4, -0.2) is 75.9 Å². The number of ketones is 1. The van der Waals surface area contributed by atoms with Gasteiger partial charge in [-0.1, -0.05) is 82.8 Å². The van der Waals surface area contributed by atoms with E-state index in [1.54, 1.807) is 6.92 Å². The van der Waals surface area contributed by atoms with Gasteiger partial charge in [-0.3, -0.25) is 9.59 Å². The highest BCUT2D eigenvalue weighted by molar-refractivity contribution is 5.84. The lowest BCUT2D eigenvalue weighted by molar-refractivity contribution is -0.142. The lowest BCUT2D eigenvalue weighted by Crippen LogP contribution is -2.42. The number of nitrogens with zero attached hydrogens (tertiary/aromatic N) is 3. The van der Waals surface area contributed by atoms with E-state index in [4.69, 9.17) is 14.6 Å². The Bertz CT molecular complexity index is 747. The molecule has 11 nitrogen and oxygen atoms in total. The van der Waals surface area contributed by atoms with E-state index in [-0.39, 0.29) is 13.2 Å². The first-order valence-electron chi connectivity index (χ1n) is 14.9. The maximum absolute atomic E-state index is 12.0. The Labute approximate surface area is 233 Å². The molecular weight excluding hydrogens is 502 g/mol. The Morgan fingerprint density at radius 3 is 1.92 bits per heavy atom. The number of rotatable bonds is 28. The molecule has 1 aromatic rings. The summed E-state index contributed by atoms with van der Waals surface area (Å²) < 4.78 is 10.6. The molecule has 0 fully saturated rings. The van der Waals surface area contributed by atoms with Crippen LogP contribution in [0.5, 0.6) is 0 Å². The van der Waals surface area contributed by atoms with Gasteiger partial charge in [-0.15, -0.1) is 10.2 Å². The van der Waals surface area contributed by atoms with Crippen molar-refractivity contribution in [2.24, 2.45) is 0 Å². The lowest BCUT2D eigenvalue weighted by Gasteiger charge is -2.12. The average Bonchev–Trinajstić information content (AvgIpc) is 3.44. The van der Waals surface area contributed by atoms with E-state index in [9.17, 15) is 14.4 Å². The van der Waals surface area contributed by atoms with Crippen molar-refractivity contribution in [1.82, 2.24) is 25.9 Å². The second kappa shape index (κ2) is 24.6. The summed E-state index contributed by atoms with van der Waals surface area (Å²) in [5, 5.41) is 25.3. The van der Waals surface area contributed by atoms with E-state index < -0.39 is 17.9 Å². The van der Waals surface area contributed by atoms with E-state index in [0.717, 1.165) is 31.5 Å². The summed E-state index contributed by atoms with van der Waals surface area (Å²) in [4.78, 5) is 34.5. The van der Waals surface area contributed by atoms with E-state index in [1.807, 2.05) is 0 Å². The molecular formula is C28H51N5O6. The second-order valence-corrected chi connectivity index (χ2v) is 10.1. The van der Waals surface area contributed by atoms with Crippen LogP contribution in [0.3, 0.4) is 0 Å². The molecule has 1 heterocycles. The number of tetrazole rings is 1. The van der Waals surface area contributed by atoms with Gasteiger partial charge in [-0.25, -0.2) is 4.79 Å². The second-order valence-electron chi connectivity index (χ2n) is 10.1. The van der Waals surface area contributed by atoms with Gasteiger partial charge in [-0.2, -0.15) is 5.21 Å². The number of carboxylic acids is 1. The predicted octanol–water partition coefficient (Wildman–Crippen LogP) is 4.57. The fraction of sp³-hybridized carbons (Fsp3) is 0.857. The minimum absolute atomic E-state index is 0.197. The lowest BCUT2D eigenvalue weighted by atomic mass is 10.0. The number of aliphatic carboxylic acids is 1. The van der Waals surface area contributed by atoms with Gasteiger partial charge in [0.2, 0.25) is 5.91 Å². The molecule has 1 unspecified atom stereocenters. The summed E-state index contributed by atoms with van der Waals surface area (Å²) >= 11 is 0. The number of carboxylic acid groups (broad SMARTS) is 1. The SMILES string of the molecule is CCC(NC(=O)COCCOCCCC(=O)CCCCCCCCCCCCCCCc1nn[nH]n1)C(=O)O. The van der Waals surface area contributed by atoms with Crippen LogP contribution < -0.4 is 5.32 Å². The number of ether oxygens (including phenoxy) is 2. The third-order valence-corrected chi connectivity index (χ3v) is 6.64. The van der Waals surface area contributed by atoms with Crippen LogP contribution in [0.4, 0.5) is 0 Å². The highest BCUT2D eigenvalue weighted by Gasteiger charge is 2.17. The molecule has 224 valence electrons. The largest absolute Gasteiger partial charge is 0.480 e. The average molecular weight is 554 g/mol. The van der Waals surface area contributed by atoms with E-state index >= 15 is 0 Å². The highest BCUT2D eigenvalue weighted by Crippen LogP contribution is 2.14. The molecule has 1 amide bonds. The van der Waals surface area contributed by atoms with Crippen LogP contribution in [0.25, 0.3) is 0 Å². The number of carbonyl (C=O) groups is 3. The van der Waals surface area contributed by atoms with E-state index in [0.29, 0.717) is 44.7 Å². The number of amides is 1. The van der Waals surface area contributed by atoms with Gasteiger partial charge in [0, 0.05) is 25.9 Å². The fourth-order valence-corrected chi connectivity index (χ4v) is 4.29. The smallest absolute Gasteiger partial charge is 0.326 e. The number of carbonyl (C=O) groups excluding carboxylic acids is 2. The van der Waals surface area contributed by atoms with Crippen LogP contribution in [0.15, 0.2) is 0 Å². The number of unbranched alkanes of at least 4 members (excludes halogenated alkanes) is 12. The van der Waals surface area contributed by atoms with Crippen LogP contribution in [0.1, 0.15) is 122 Å². The van der Waals surface area contributed by atoms with Gasteiger partial charge < -0.3 is 19.9 Å². The van der Waals surface area contributed by atoms with Crippen LogP contribution >= 0.6 is 0 Å². The van der Waals surface area contributed by atoms with Crippen LogP contribution in [0, 0.1) is 0 Å². The molecule has 0 bridgehead atoms. The number of nitrogens with one attached hydrogen (secondary N) is 2. The van der Waals surface area contributed by atoms with Crippen molar-refractivity contribution in [1.29, 1.82) is 0 Å². The Morgan fingerprint density at radius 1 is 0.795 bits per heavy atom. The molecule has 0 aliphatic carbocycles. The number of hydrogen-bond acceptors (Lipinski definition) is 8.